The first kappa shape index (κ1) is 22.0. The van der Waals surface area contributed by atoms with Gasteiger partial charge < -0.3 is 15.0 Å². The van der Waals surface area contributed by atoms with Gasteiger partial charge in [0, 0.05) is 38.1 Å². The van der Waals surface area contributed by atoms with Gasteiger partial charge in [0.15, 0.2) is 5.82 Å². The first-order chi connectivity index (χ1) is 17.1. The molecule has 8 nitrogen and oxygen atoms in total. The lowest BCUT2D eigenvalue weighted by molar-refractivity contribution is 0.0963. The van der Waals surface area contributed by atoms with Crippen LogP contribution in [-0.4, -0.2) is 40.0 Å². The largest absolute Gasteiger partial charge is 0.497 e. The molecule has 1 aliphatic rings. The van der Waals surface area contributed by atoms with E-state index < -0.39 is 0 Å². The number of rotatable bonds is 4. The summed E-state index contributed by atoms with van der Waals surface area (Å²) in [6.45, 7) is 1.42. The van der Waals surface area contributed by atoms with Crippen LogP contribution >= 0.6 is 0 Å². The SMILES string of the molecule is CNC(=O)c1ccccc1C#Cc1ccnc(-c2ccnc(N3Cc4ccc(OC)cc4C3)n2)n1. The van der Waals surface area contributed by atoms with Gasteiger partial charge >= 0.3 is 0 Å². The van der Waals surface area contributed by atoms with Gasteiger partial charge in [-0.1, -0.05) is 24.1 Å². The minimum absolute atomic E-state index is 0.186. The molecule has 0 bridgehead atoms. The Morgan fingerprint density at radius 3 is 2.66 bits per heavy atom. The molecule has 4 aromatic rings. The topological polar surface area (TPSA) is 93.1 Å². The second-order valence-electron chi connectivity index (χ2n) is 7.87. The first-order valence-electron chi connectivity index (χ1n) is 11.0. The Labute approximate surface area is 203 Å². The highest BCUT2D eigenvalue weighted by Gasteiger charge is 2.22. The quantitative estimate of drug-likeness (QED) is 0.466. The number of anilines is 1. The molecular formula is C27H22N6O2. The van der Waals surface area contributed by atoms with Gasteiger partial charge in [-0.3, -0.25) is 4.79 Å². The van der Waals surface area contributed by atoms with Gasteiger partial charge in [0.2, 0.25) is 5.95 Å². The van der Waals surface area contributed by atoms with Crippen LogP contribution < -0.4 is 15.0 Å². The molecule has 0 saturated carbocycles. The maximum absolute atomic E-state index is 12.1. The van der Waals surface area contributed by atoms with Crippen molar-refractivity contribution >= 4 is 11.9 Å². The zero-order valence-corrected chi connectivity index (χ0v) is 19.3. The molecular weight excluding hydrogens is 440 g/mol. The summed E-state index contributed by atoms with van der Waals surface area (Å²) < 4.78 is 5.34. The summed E-state index contributed by atoms with van der Waals surface area (Å²) >= 11 is 0. The van der Waals surface area contributed by atoms with E-state index in [-0.39, 0.29) is 5.91 Å². The molecule has 5 rings (SSSR count). The fraction of sp³-hybridized carbons (Fsp3) is 0.148. The third kappa shape index (κ3) is 4.66. The van der Waals surface area contributed by atoms with E-state index in [0.717, 1.165) is 12.3 Å². The van der Waals surface area contributed by atoms with Gasteiger partial charge in [-0.25, -0.2) is 19.9 Å². The number of hydrogen-bond donors (Lipinski definition) is 1. The smallest absolute Gasteiger partial charge is 0.252 e. The highest BCUT2D eigenvalue weighted by molar-refractivity contribution is 5.96. The highest BCUT2D eigenvalue weighted by atomic mass is 16.5. The molecule has 0 saturated heterocycles. The zero-order chi connectivity index (χ0) is 24.2. The molecule has 2 aromatic carbocycles. The molecule has 3 heterocycles. The molecule has 172 valence electrons. The lowest BCUT2D eigenvalue weighted by Gasteiger charge is -2.15. The second kappa shape index (κ2) is 9.61. The second-order valence-corrected chi connectivity index (χ2v) is 7.87. The fourth-order valence-corrected chi connectivity index (χ4v) is 3.87. The van der Waals surface area contributed by atoms with Crippen LogP contribution in [0.4, 0.5) is 5.95 Å². The van der Waals surface area contributed by atoms with Crippen LogP contribution in [0, 0.1) is 11.8 Å². The molecule has 35 heavy (non-hydrogen) atoms. The third-order valence-electron chi connectivity index (χ3n) is 5.67. The number of methoxy groups -OCH3 is 1. The van der Waals surface area contributed by atoms with Crippen LogP contribution in [-0.2, 0) is 13.1 Å². The van der Waals surface area contributed by atoms with Crippen LogP contribution in [0.2, 0.25) is 0 Å². The van der Waals surface area contributed by atoms with Crippen molar-refractivity contribution in [2.24, 2.45) is 0 Å². The van der Waals surface area contributed by atoms with E-state index in [2.05, 4.69) is 43.1 Å². The Hall–Kier alpha value is -4.77. The van der Waals surface area contributed by atoms with E-state index in [9.17, 15) is 4.79 Å². The van der Waals surface area contributed by atoms with Crippen molar-refractivity contribution in [1.82, 2.24) is 25.3 Å². The van der Waals surface area contributed by atoms with Crippen LogP contribution in [0.3, 0.4) is 0 Å². The van der Waals surface area contributed by atoms with Crippen LogP contribution in [0.1, 0.15) is 32.7 Å². The van der Waals surface area contributed by atoms with E-state index in [1.807, 2.05) is 18.2 Å². The van der Waals surface area contributed by atoms with Gasteiger partial charge in [0.25, 0.3) is 5.91 Å². The number of ether oxygens (including phenoxy) is 1. The summed E-state index contributed by atoms with van der Waals surface area (Å²) in [5, 5.41) is 2.63. The van der Waals surface area contributed by atoms with E-state index in [4.69, 9.17) is 9.72 Å². The van der Waals surface area contributed by atoms with Gasteiger partial charge in [0.1, 0.15) is 17.1 Å². The molecule has 1 aliphatic heterocycles. The molecule has 0 aliphatic carbocycles. The van der Waals surface area contributed by atoms with Crippen LogP contribution in [0.5, 0.6) is 5.75 Å². The number of amides is 1. The summed E-state index contributed by atoms with van der Waals surface area (Å²) in [6.07, 6.45) is 3.36. The molecule has 0 spiro atoms. The van der Waals surface area contributed by atoms with E-state index in [1.165, 1.54) is 11.1 Å². The number of aromatic nitrogens is 4. The number of nitrogens with zero attached hydrogens (tertiary/aromatic N) is 5. The van der Waals surface area contributed by atoms with Gasteiger partial charge in [0.05, 0.1) is 12.7 Å². The Balaban J connectivity index is 1.39. The highest BCUT2D eigenvalue weighted by Crippen LogP contribution is 2.29. The predicted octanol–water partition coefficient (Wildman–Crippen LogP) is 3.22. The number of hydrogen-bond acceptors (Lipinski definition) is 7. The van der Waals surface area contributed by atoms with E-state index in [1.54, 1.807) is 56.9 Å². The average Bonchev–Trinajstić information content (AvgIpc) is 3.35. The zero-order valence-electron chi connectivity index (χ0n) is 19.3. The Morgan fingerprint density at radius 1 is 0.971 bits per heavy atom. The van der Waals surface area contributed by atoms with Gasteiger partial charge in [-0.2, -0.15) is 0 Å². The summed E-state index contributed by atoms with van der Waals surface area (Å²) in [4.78, 5) is 32.3. The number of carbonyl (C=O) groups excluding carboxylic acids is 1. The lowest BCUT2D eigenvalue weighted by Crippen LogP contribution is -2.18. The summed E-state index contributed by atoms with van der Waals surface area (Å²) in [7, 11) is 3.26. The van der Waals surface area contributed by atoms with Crippen molar-refractivity contribution < 1.29 is 9.53 Å². The van der Waals surface area contributed by atoms with Crippen molar-refractivity contribution in [2.75, 3.05) is 19.1 Å². The third-order valence-corrected chi connectivity index (χ3v) is 5.67. The number of benzene rings is 2. The maximum Gasteiger partial charge on any atom is 0.252 e. The van der Waals surface area contributed by atoms with Crippen molar-refractivity contribution in [1.29, 1.82) is 0 Å². The molecule has 0 unspecified atom stereocenters. The first-order valence-corrected chi connectivity index (χ1v) is 11.0. The number of carbonyl (C=O) groups is 1. The molecule has 0 radical (unpaired) electrons. The monoisotopic (exact) mass is 462 g/mol. The van der Waals surface area contributed by atoms with Gasteiger partial charge in [-0.05, 0) is 53.4 Å². The Morgan fingerprint density at radius 2 is 1.80 bits per heavy atom. The Kier molecular flexibility index (Phi) is 6.05. The molecule has 2 aromatic heterocycles. The fourth-order valence-electron chi connectivity index (χ4n) is 3.87. The molecule has 0 atom stereocenters. The average molecular weight is 463 g/mol. The van der Waals surface area contributed by atoms with Crippen molar-refractivity contribution in [3.63, 3.8) is 0 Å². The maximum atomic E-state index is 12.1. The minimum atomic E-state index is -0.186. The van der Waals surface area contributed by atoms with Crippen LogP contribution in [0.15, 0.2) is 67.0 Å². The van der Waals surface area contributed by atoms with Crippen molar-refractivity contribution in [3.05, 3.63) is 94.9 Å². The van der Waals surface area contributed by atoms with Crippen molar-refractivity contribution in [2.45, 2.75) is 13.1 Å². The van der Waals surface area contributed by atoms with E-state index >= 15 is 0 Å². The molecule has 1 N–H and O–H groups in total. The van der Waals surface area contributed by atoms with Gasteiger partial charge in [-0.15, -0.1) is 0 Å². The molecule has 0 fully saturated rings. The Bertz CT molecular complexity index is 1470. The van der Waals surface area contributed by atoms with Crippen LogP contribution in [0.25, 0.3) is 11.5 Å². The minimum Gasteiger partial charge on any atom is -0.497 e. The summed E-state index contributed by atoms with van der Waals surface area (Å²) in [6, 6.07) is 16.8. The standard InChI is InChI=1S/C27H22N6O2/c1-28-26(34)23-6-4-3-5-18(23)7-9-21-11-13-29-25(31-21)24-12-14-30-27(32-24)33-16-19-8-10-22(35-2)15-20(19)17-33/h3-6,8,10-15H,16-17H2,1-2H3,(H,28,34). The molecule has 8 heteroatoms. The normalized spacial score (nSPS) is 11.9. The predicted molar refractivity (Wildman–Crippen MR) is 132 cm³/mol. The number of fused-ring (bicyclic) bond motifs is 1. The summed E-state index contributed by atoms with van der Waals surface area (Å²) in [5.41, 5.74) is 4.71. The van der Waals surface area contributed by atoms with E-state index in [0.29, 0.717) is 40.8 Å². The van der Waals surface area contributed by atoms with Crippen molar-refractivity contribution in [3.8, 4) is 29.1 Å². The molecule has 1 amide bonds. The summed E-state index contributed by atoms with van der Waals surface area (Å²) in [5.74, 6) is 7.80. The lowest BCUT2D eigenvalue weighted by atomic mass is 10.1. The number of nitrogens with one attached hydrogen (secondary N) is 1.